The van der Waals surface area contributed by atoms with Crippen LogP contribution in [0.1, 0.15) is 39.0 Å². The van der Waals surface area contributed by atoms with E-state index in [0.29, 0.717) is 29.8 Å². The maximum absolute atomic E-state index is 12.6. The van der Waals surface area contributed by atoms with Crippen LogP contribution in [-0.2, 0) is 20.6 Å². The van der Waals surface area contributed by atoms with Gasteiger partial charge in [-0.2, -0.15) is 0 Å². The number of aryl methyl sites for hydroxylation is 2. The second kappa shape index (κ2) is 7.76. The molecule has 2 atom stereocenters. The van der Waals surface area contributed by atoms with E-state index in [0.717, 1.165) is 41.4 Å². The van der Waals surface area contributed by atoms with E-state index < -0.39 is 0 Å². The van der Waals surface area contributed by atoms with Crippen LogP contribution in [-0.4, -0.2) is 59.6 Å². The largest absolute Gasteiger partial charge is 1.00 e. The van der Waals surface area contributed by atoms with Crippen molar-refractivity contribution in [3.8, 4) is 0 Å². The summed E-state index contributed by atoms with van der Waals surface area (Å²) in [5.41, 5.74) is 0.311. The minimum Gasteiger partial charge on any atom is -1.00 e. The normalized spacial score (nSPS) is 29.2. The van der Waals surface area contributed by atoms with Crippen molar-refractivity contribution in [2.24, 2.45) is 14.1 Å². The van der Waals surface area contributed by atoms with Crippen LogP contribution in [0.2, 0.25) is 0 Å². The van der Waals surface area contributed by atoms with Gasteiger partial charge in [0.1, 0.15) is 0 Å². The Morgan fingerprint density at radius 1 is 1.18 bits per heavy atom. The molecule has 0 spiro atoms. The molecule has 2 fully saturated rings. The van der Waals surface area contributed by atoms with E-state index in [1.807, 2.05) is 4.57 Å². The summed E-state index contributed by atoms with van der Waals surface area (Å²) in [6.07, 6.45) is 6.76. The second-order valence-corrected chi connectivity index (χ2v) is 8.32. The van der Waals surface area contributed by atoms with Gasteiger partial charge in [-0.15, -0.1) is 0 Å². The van der Waals surface area contributed by atoms with Crippen LogP contribution in [0.25, 0.3) is 11.2 Å². The maximum Gasteiger partial charge on any atom is 0.332 e. The van der Waals surface area contributed by atoms with Crippen molar-refractivity contribution in [1.82, 2.24) is 18.7 Å². The molecule has 0 radical (unpaired) electrons. The Labute approximate surface area is 174 Å². The molecular formula is C19H30BrN5O3. The Hall–Kier alpha value is -1.45. The average Bonchev–Trinajstić information content (AvgIpc) is 3.14. The highest BCUT2D eigenvalue weighted by Gasteiger charge is 2.52. The molecular weight excluding hydrogens is 426 g/mol. The fourth-order valence-electron chi connectivity index (χ4n) is 5.72. The van der Waals surface area contributed by atoms with Crippen molar-refractivity contribution in [1.29, 1.82) is 0 Å². The van der Waals surface area contributed by atoms with E-state index in [-0.39, 0.29) is 34.3 Å². The molecule has 2 bridgehead atoms. The molecule has 2 aromatic rings. The molecule has 156 valence electrons. The van der Waals surface area contributed by atoms with Gasteiger partial charge >= 0.3 is 5.69 Å². The van der Waals surface area contributed by atoms with E-state index in [4.69, 9.17) is 0 Å². The predicted molar refractivity (Wildman–Crippen MR) is 103 cm³/mol. The number of nitrogens with zero attached hydrogens (tertiary/aromatic N) is 5. The third kappa shape index (κ3) is 3.07. The Morgan fingerprint density at radius 3 is 2.43 bits per heavy atom. The minimum atomic E-state index is -0.350. The SMILES string of the molecule is CC[N+]1(CCCn2cnc3c2c(=O)n(C)c(=O)n3C)C2CCC1CC(O)C2.[Br-]. The van der Waals surface area contributed by atoms with Gasteiger partial charge in [-0.25, -0.2) is 9.78 Å². The quantitative estimate of drug-likeness (QED) is 0.499. The number of rotatable bonds is 5. The van der Waals surface area contributed by atoms with E-state index in [1.165, 1.54) is 24.5 Å². The molecule has 4 rings (SSSR count). The first-order chi connectivity index (χ1) is 12.9. The zero-order chi connectivity index (χ0) is 19.3. The second-order valence-electron chi connectivity index (χ2n) is 8.32. The molecule has 28 heavy (non-hydrogen) atoms. The topological polar surface area (TPSA) is 82.0 Å². The molecule has 2 saturated heterocycles. The molecule has 0 aliphatic carbocycles. The summed E-state index contributed by atoms with van der Waals surface area (Å²) in [5, 5.41) is 10.1. The molecule has 0 saturated carbocycles. The van der Waals surface area contributed by atoms with Crippen LogP contribution in [0.5, 0.6) is 0 Å². The Balaban J connectivity index is 0.00000225. The summed E-state index contributed by atoms with van der Waals surface area (Å²) < 4.78 is 5.58. The summed E-state index contributed by atoms with van der Waals surface area (Å²) in [5.74, 6) is 0. The fourth-order valence-corrected chi connectivity index (χ4v) is 5.72. The van der Waals surface area contributed by atoms with Crippen molar-refractivity contribution < 1.29 is 26.6 Å². The molecule has 2 aliphatic rings. The first-order valence-electron chi connectivity index (χ1n) is 10.0. The molecule has 0 amide bonds. The van der Waals surface area contributed by atoms with Gasteiger partial charge in [0, 0.05) is 52.7 Å². The monoisotopic (exact) mass is 455 g/mol. The van der Waals surface area contributed by atoms with Crippen molar-refractivity contribution in [2.75, 3.05) is 13.1 Å². The van der Waals surface area contributed by atoms with Crippen LogP contribution in [0.15, 0.2) is 15.9 Å². The van der Waals surface area contributed by atoms with Crippen LogP contribution in [0, 0.1) is 0 Å². The highest BCUT2D eigenvalue weighted by molar-refractivity contribution is 5.69. The standard InChI is InChI=1S/C19H30N5O3.BrH/c1-4-24(13-6-7-14(24)11-15(25)10-13)9-5-8-23-12-20-17-16(23)18(26)22(3)19(27)21(17)2;/h12-15,25H,4-11H2,1-3H3;1H/q+1;/p-1. The van der Waals surface area contributed by atoms with Crippen LogP contribution in [0.3, 0.4) is 0 Å². The lowest BCUT2D eigenvalue weighted by Crippen LogP contribution is -3.00. The molecule has 2 unspecified atom stereocenters. The number of hydrogen-bond acceptors (Lipinski definition) is 4. The first-order valence-corrected chi connectivity index (χ1v) is 10.0. The molecule has 1 N–H and O–H groups in total. The number of fused-ring (bicyclic) bond motifs is 3. The molecule has 0 aromatic carbocycles. The number of aromatic nitrogens is 4. The van der Waals surface area contributed by atoms with Gasteiger partial charge in [0.15, 0.2) is 11.2 Å². The van der Waals surface area contributed by atoms with Gasteiger partial charge in [-0.05, 0) is 6.92 Å². The van der Waals surface area contributed by atoms with E-state index in [2.05, 4.69) is 11.9 Å². The van der Waals surface area contributed by atoms with Crippen molar-refractivity contribution in [2.45, 2.75) is 63.8 Å². The Bertz CT molecular complexity index is 964. The lowest BCUT2D eigenvalue weighted by atomic mass is 9.95. The van der Waals surface area contributed by atoms with E-state index >= 15 is 0 Å². The van der Waals surface area contributed by atoms with E-state index in [1.54, 1.807) is 13.4 Å². The number of imidazole rings is 1. The molecule has 2 aromatic heterocycles. The highest BCUT2D eigenvalue weighted by atomic mass is 79.9. The zero-order valence-corrected chi connectivity index (χ0v) is 18.4. The molecule has 8 nitrogen and oxygen atoms in total. The van der Waals surface area contributed by atoms with Crippen LogP contribution >= 0.6 is 0 Å². The molecule has 4 heterocycles. The number of halogens is 1. The van der Waals surface area contributed by atoms with Gasteiger partial charge in [0.2, 0.25) is 0 Å². The Kier molecular flexibility index (Phi) is 5.89. The van der Waals surface area contributed by atoms with Gasteiger partial charge < -0.3 is 31.1 Å². The lowest BCUT2D eigenvalue weighted by Gasteiger charge is -2.48. The fraction of sp³-hybridized carbons (Fsp3) is 0.737. The average molecular weight is 456 g/mol. The minimum absolute atomic E-state index is 0. The molecule has 9 heteroatoms. The summed E-state index contributed by atoms with van der Waals surface area (Å²) in [4.78, 5) is 29.0. The summed E-state index contributed by atoms with van der Waals surface area (Å²) in [6, 6.07) is 1.13. The van der Waals surface area contributed by atoms with Crippen LogP contribution in [0.4, 0.5) is 0 Å². The van der Waals surface area contributed by atoms with Gasteiger partial charge in [0.25, 0.3) is 5.56 Å². The maximum atomic E-state index is 12.6. The number of aliphatic hydroxyl groups excluding tert-OH is 1. The smallest absolute Gasteiger partial charge is 0.332 e. The number of hydrogen-bond donors (Lipinski definition) is 1. The van der Waals surface area contributed by atoms with E-state index in [9.17, 15) is 14.7 Å². The van der Waals surface area contributed by atoms with Crippen molar-refractivity contribution in [3.05, 3.63) is 27.2 Å². The summed E-state index contributed by atoms with van der Waals surface area (Å²) >= 11 is 0. The van der Waals surface area contributed by atoms with Crippen LogP contribution < -0.4 is 28.2 Å². The first kappa shape index (κ1) is 21.3. The number of quaternary nitrogens is 1. The predicted octanol–water partition coefficient (Wildman–Crippen LogP) is -2.65. The molecule has 2 aliphatic heterocycles. The van der Waals surface area contributed by atoms with Gasteiger partial charge in [-0.3, -0.25) is 13.9 Å². The van der Waals surface area contributed by atoms with Gasteiger partial charge in [0.05, 0.1) is 37.6 Å². The number of aliphatic hydroxyl groups is 1. The third-order valence-corrected chi connectivity index (χ3v) is 7.16. The lowest BCUT2D eigenvalue weighted by molar-refractivity contribution is -0.965. The Morgan fingerprint density at radius 2 is 1.82 bits per heavy atom. The number of piperidine rings is 1. The zero-order valence-electron chi connectivity index (χ0n) is 16.8. The van der Waals surface area contributed by atoms with Gasteiger partial charge in [-0.1, -0.05) is 0 Å². The summed E-state index contributed by atoms with van der Waals surface area (Å²) in [6.45, 7) is 5.14. The van der Waals surface area contributed by atoms with Crippen molar-refractivity contribution >= 4 is 11.2 Å². The highest BCUT2D eigenvalue weighted by Crippen LogP contribution is 2.42. The summed E-state index contributed by atoms with van der Waals surface area (Å²) in [7, 11) is 3.16. The third-order valence-electron chi connectivity index (χ3n) is 7.16. The van der Waals surface area contributed by atoms with Crippen molar-refractivity contribution in [3.63, 3.8) is 0 Å².